The van der Waals surface area contributed by atoms with Crippen molar-refractivity contribution in [2.24, 2.45) is 15.8 Å². The van der Waals surface area contributed by atoms with E-state index in [0.29, 0.717) is 11.7 Å². The van der Waals surface area contributed by atoms with Gasteiger partial charge in [-0.2, -0.15) is 0 Å². The Morgan fingerprint density at radius 2 is 1.30 bits per heavy atom. The van der Waals surface area contributed by atoms with Crippen molar-refractivity contribution in [2.75, 3.05) is 14.2 Å². The van der Waals surface area contributed by atoms with Crippen molar-refractivity contribution in [1.82, 2.24) is 5.01 Å². The van der Waals surface area contributed by atoms with Crippen LogP contribution in [0, 0.1) is 0 Å². The van der Waals surface area contributed by atoms with Crippen molar-refractivity contribution in [1.29, 1.82) is 0 Å². The highest BCUT2D eigenvalue weighted by molar-refractivity contribution is 6.14. The van der Waals surface area contributed by atoms with Gasteiger partial charge in [-0.1, -0.05) is 60.7 Å². The lowest BCUT2D eigenvalue weighted by Gasteiger charge is -2.23. The molecule has 0 amide bonds. The second-order valence-electron chi connectivity index (χ2n) is 5.78. The summed E-state index contributed by atoms with van der Waals surface area (Å²) in [5.41, 5.74) is 2.59. The number of ether oxygens (including phenoxy) is 1. The number of hydrazine groups is 1. The van der Waals surface area contributed by atoms with Gasteiger partial charge in [0.15, 0.2) is 11.7 Å². The molecule has 0 aliphatic rings. The number of aliphatic imine (C=N–C) groups is 2. The first-order valence-electron chi connectivity index (χ1n) is 8.58. The molecule has 0 fully saturated rings. The monoisotopic (exact) mass is 358 g/mol. The molecule has 0 aromatic heterocycles. The van der Waals surface area contributed by atoms with E-state index in [1.54, 1.807) is 14.2 Å². The molecular weight excluding hydrogens is 336 g/mol. The van der Waals surface area contributed by atoms with Gasteiger partial charge < -0.3 is 4.74 Å². The quantitative estimate of drug-likeness (QED) is 0.331. The second-order valence-corrected chi connectivity index (χ2v) is 5.78. The van der Waals surface area contributed by atoms with Gasteiger partial charge >= 0.3 is 0 Å². The molecule has 5 heteroatoms. The van der Waals surface area contributed by atoms with E-state index in [9.17, 15) is 0 Å². The predicted octanol–water partition coefficient (Wildman–Crippen LogP) is 4.03. The molecule has 3 aromatic carbocycles. The van der Waals surface area contributed by atoms with Gasteiger partial charge in [0, 0.05) is 18.2 Å². The molecular formula is C22H22N4O. The average Bonchev–Trinajstić information content (AvgIpc) is 2.74. The summed E-state index contributed by atoms with van der Waals surface area (Å²) in [7, 11) is 3.36. The van der Waals surface area contributed by atoms with Gasteiger partial charge in [-0.3, -0.25) is 4.99 Å². The van der Waals surface area contributed by atoms with Gasteiger partial charge in [-0.25, -0.2) is 15.8 Å². The Labute approximate surface area is 159 Å². The van der Waals surface area contributed by atoms with E-state index in [1.165, 1.54) is 5.01 Å². The molecule has 0 saturated carbocycles. The van der Waals surface area contributed by atoms with Crippen LogP contribution in [0.5, 0.6) is 5.75 Å². The fraction of sp³-hybridized carbons (Fsp3) is 0.0909. The standard InChI is InChI=1S/C22H22N4O/c1-24-21(17-9-5-3-6-10-17)26(23)22(18-11-7-4-8-12-18)25-19-13-15-20(27-2)16-14-19/h3-16H,23H2,1-2H3. The number of benzene rings is 3. The largest absolute Gasteiger partial charge is 0.497 e. The maximum absolute atomic E-state index is 6.49. The van der Waals surface area contributed by atoms with Gasteiger partial charge in [-0.05, 0) is 24.3 Å². The lowest BCUT2D eigenvalue weighted by atomic mass is 10.1. The van der Waals surface area contributed by atoms with E-state index in [1.807, 2.05) is 84.9 Å². The molecule has 0 aliphatic carbocycles. The van der Waals surface area contributed by atoms with Crippen LogP contribution in [0.1, 0.15) is 11.1 Å². The van der Waals surface area contributed by atoms with Crippen molar-refractivity contribution in [3.8, 4) is 5.75 Å². The second kappa shape index (κ2) is 8.78. The molecule has 0 radical (unpaired) electrons. The Hall–Kier alpha value is -3.44. The molecule has 2 N–H and O–H groups in total. The number of hydrogen-bond donors (Lipinski definition) is 1. The van der Waals surface area contributed by atoms with E-state index in [0.717, 1.165) is 22.6 Å². The van der Waals surface area contributed by atoms with Crippen molar-refractivity contribution in [2.45, 2.75) is 0 Å². The number of methoxy groups -OCH3 is 1. The highest BCUT2D eigenvalue weighted by Crippen LogP contribution is 2.20. The minimum absolute atomic E-state index is 0.602. The number of hydrogen-bond acceptors (Lipinski definition) is 4. The van der Waals surface area contributed by atoms with Gasteiger partial charge in [0.2, 0.25) is 0 Å². The van der Waals surface area contributed by atoms with Gasteiger partial charge in [0.05, 0.1) is 12.8 Å². The van der Waals surface area contributed by atoms with Crippen LogP contribution in [-0.4, -0.2) is 30.8 Å². The third kappa shape index (κ3) is 4.40. The number of nitrogens with two attached hydrogens (primary N) is 1. The lowest BCUT2D eigenvalue weighted by molar-refractivity contribution is 0.415. The highest BCUT2D eigenvalue weighted by atomic mass is 16.5. The normalized spacial score (nSPS) is 12.0. The minimum atomic E-state index is 0.602. The van der Waals surface area contributed by atoms with Gasteiger partial charge in [-0.15, -0.1) is 0 Å². The summed E-state index contributed by atoms with van der Waals surface area (Å²) >= 11 is 0. The smallest absolute Gasteiger partial charge is 0.156 e. The van der Waals surface area contributed by atoms with E-state index in [4.69, 9.17) is 15.6 Å². The highest BCUT2D eigenvalue weighted by Gasteiger charge is 2.17. The fourth-order valence-corrected chi connectivity index (χ4v) is 2.69. The molecule has 0 aliphatic heterocycles. The van der Waals surface area contributed by atoms with Crippen LogP contribution in [-0.2, 0) is 0 Å². The first-order valence-corrected chi connectivity index (χ1v) is 8.58. The van der Waals surface area contributed by atoms with Crippen molar-refractivity contribution < 1.29 is 4.74 Å². The summed E-state index contributed by atoms with van der Waals surface area (Å²) in [4.78, 5) is 9.17. The topological polar surface area (TPSA) is 63.2 Å². The summed E-state index contributed by atoms with van der Waals surface area (Å²) in [6.45, 7) is 0. The molecule has 3 rings (SSSR count). The van der Waals surface area contributed by atoms with E-state index in [2.05, 4.69) is 4.99 Å². The Balaban J connectivity index is 2.05. The van der Waals surface area contributed by atoms with E-state index in [-0.39, 0.29) is 0 Å². The zero-order valence-corrected chi connectivity index (χ0v) is 15.4. The first kappa shape index (κ1) is 18.4. The summed E-state index contributed by atoms with van der Waals surface area (Å²) in [6, 6.07) is 27.1. The van der Waals surface area contributed by atoms with Crippen LogP contribution in [0.3, 0.4) is 0 Å². The average molecular weight is 358 g/mol. The van der Waals surface area contributed by atoms with Crippen molar-refractivity contribution in [3.05, 3.63) is 96.1 Å². The molecule has 0 heterocycles. The Bertz CT molecular complexity index is 920. The van der Waals surface area contributed by atoms with Crippen LogP contribution >= 0.6 is 0 Å². The number of rotatable bonds is 4. The zero-order valence-electron chi connectivity index (χ0n) is 15.4. The number of nitrogens with zero attached hydrogens (tertiary/aromatic N) is 3. The summed E-state index contributed by atoms with van der Waals surface area (Å²) in [6.07, 6.45) is 0. The van der Waals surface area contributed by atoms with Gasteiger partial charge in [0.1, 0.15) is 5.75 Å². The van der Waals surface area contributed by atoms with E-state index >= 15 is 0 Å². The molecule has 0 spiro atoms. The van der Waals surface area contributed by atoms with Crippen LogP contribution < -0.4 is 10.6 Å². The predicted molar refractivity (Wildman–Crippen MR) is 111 cm³/mol. The molecule has 27 heavy (non-hydrogen) atoms. The summed E-state index contributed by atoms with van der Waals surface area (Å²) in [5.74, 6) is 8.50. The SMILES string of the molecule is CN=C(c1ccccc1)N(N)C(=Nc1ccc(OC)cc1)c1ccccc1. The van der Waals surface area contributed by atoms with Crippen LogP contribution in [0.2, 0.25) is 0 Å². The molecule has 0 bridgehead atoms. The zero-order chi connectivity index (χ0) is 19.1. The minimum Gasteiger partial charge on any atom is -0.497 e. The molecule has 3 aromatic rings. The molecule has 0 saturated heterocycles. The maximum Gasteiger partial charge on any atom is 0.156 e. The molecule has 5 nitrogen and oxygen atoms in total. The maximum atomic E-state index is 6.49. The summed E-state index contributed by atoms with van der Waals surface area (Å²) < 4.78 is 5.22. The first-order chi connectivity index (χ1) is 13.2. The van der Waals surface area contributed by atoms with Crippen molar-refractivity contribution >= 4 is 17.4 Å². The van der Waals surface area contributed by atoms with Crippen LogP contribution in [0.25, 0.3) is 0 Å². The molecule has 0 atom stereocenters. The molecule has 136 valence electrons. The third-order valence-electron chi connectivity index (χ3n) is 4.04. The van der Waals surface area contributed by atoms with Crippen LogP contribution in [0.4, 0.5) is 5.69 Å². The van der Waals surface area contributed by atoms with Crippen LogP contribution in [0.15, 0.2) is 94.9 Å². The van der Waals surface area contributed by atoms with E-state index < -0.39 is 0 Å². The summed E-state index contributed by atoms with van der Waals surface area (Å²) in [5, 5.41) is 1.52. The fourth-order valence-electron chi connectivity index (χ4n) is 2.69. The Kier molecular flexibility index (Phi) is 5.97. The Morgan fingerprint density at radius 1 is 0.778 bits per heavy atom. The van der Waals surface area contributed by atoms with Crippen molar-refractivity contribution in [3.63, 3.8) is 0 Å². The Morgan fingerprint density at radius 3 is 1.78 bits per heavy atom. The third-order valence-corrected chi connectivity index (χ3v) is 4.04. The lowest BCUT2D eigenvalue weighted by Crippen LogP contribution is -2.43. The number of amidine groups is 2. The van der Waals surface area contributed by atoms with Gasteiger partial charge in [0.25, 0.3) is 0 Å². The molecule has 0 unspecified atom stereocenters.